The number of aryl methyl sites for hydroxylation is 2. The van der Waals surface area contributed by atoms with Gasteiger partial charge in [0.2, 0.25) is 0 Å². The number of likely N-dealkylation sites (N-methyl/N-ethyl adjacent to an activating group) is 1. The first-order valence-electron chi connectivity index (χ1n) is 11.6. The summed E-state index contributed by atoms with van der Waals surface area (Å²) in [7, 11) is -2.37. The van der Waals surface area contributed by atoms with E-state index in [1.807, 2.05) is 44.2 Å². The minimum absolute atomic E-state index is 0.158. The molecule has 1 fully saturated rings. The van der Waals surface area contributed by atoms with E-state index in [1.165, 1.54) is 4.90 Å². The zero-order valence-corrected chi connectivity index (χ0v) is 21.1. The van der Waals surface area contributed by atoms with Gasteiger partial charge in [0.25, 0.3) is 5.91 Å². The van der Waals surface area contributed by atoms with Crippen molar-refractivity contribution in [1.82, 2.24) is 4.90 Å². The van der Waals surface area contributed by atoms with Crippen LogP contribution in [0.4, 0.5) is 0 Å². The lowest BCUT2D eigenvalue weighted by molar-refractivity contribution is -0.153. The van der Waals surface area contributed by atoms with Crippen LogP contribution in [0.5, 0.6) is 5.75 Å². The Morgan fingerprint density at radius 2 is 1.68 bits per heavy atom. The van der Waals surface area contributed by atoms with Gasteiger partial charge in [0.05, 0.1) is 11.5 Å². The van der Waals surface area contributed by atoms with E-state index in [9.17, 15) is 18.0 Å². The fraction of sp³-hybridized carbons (Fsp3) is 0.462. The van der Waals surface area contributed by atoms with Gasteiger partial charge in [-0.25, -0.2) is 8.42 Å². The van der Waals surface area contributed by atoms with Crippen LogP contribution in [-0.4, -0.2) is 50.2 Å². The third kappa shape index (κ3) is 5.27. The number of sulfone groups is 1. The second kappa shape index (κ2) is 10.6. The molecule has 0 radical (unpaired) electrons. The summed E-state index contributed by atoms with van der Waals surface area (Å²) < 4.78 is 36.4. The van der Waals surface area contributed by atoms with Crippen LogP contribution in [-0.2, 0) is 30.7 Å². The van der Waals surface area contributed by atoms with Crippen molar-refractivity contribution in [2.75, 3.05) is 20.3 Å². The van der Waals surface area contributed by atoms with E-state index in [0.717, 1.165) is 16.9 Å². The first-order chi connectivity index (χ1) is 16.1. The van der Waals surface area contributed by atoms with Gasteiger partial charge >= 0.3 is 5.97 Å². The Labute approximate surface area is 202 Å². The van der Waals surface area contributed by atoms with Gasteiger partial charge in [0, 0.05) is 13.6 Å². The number of carbonyl (C=O) groups excluding carboxylic acids is 2. The largest absolute Gasteiger partial charge is 0.494 e. The SMILES string of the molecule is CCOc1ccc(CN(C)C(=O)COC(=O)C2(S(=O)(=O)c3cc(C)ccc3C)CCCC2)cc1. The van der Waals surface area contributed by atoms with Crippen molar-refractivity contribution in [2.45, 2.75) is 62.6 Å². The van der Waals surface area contributed by atoms with Crippen LogP contribution in [0.1, 0.15) is 49.3 Å². The molecule has 1 aliphatic rings. The third-order valence-corrected chi connectivity index (χ3v) is 8.96. The summed E-state index contributed by atoms with van der Waals surface area (Å²) in [6, 6.07) is 12.6. The number of esters is 1. The summed E-state index contributed by atoms with van der Waals surface area (Å²) in [5.74, 6) is -0.491. The molecule has 1 amide bonds. The maximum absolute atomic E-state index is 13.7. The van der Waals surface area contributed by atoms with Crippen LogP contribution in [0.3, 0.4) is 0 Å². The Hall–Kier alpha value is -2.87. The monoisotopic (exact) mass is 487 g/mol. The van der Waals surface area contributed by atoms with Gasteiger partial charge in [-0.3, -0.25) is 9.59 Å². The van der Waals surface area contributed by atoms with E-state index in [2.05, 4.69) is 0 Å². The van der Waals surface area contributed by atoms with Crippen LogP contribution in [0, 0.1) is 13.8 Å². The minimum Gasteiger partial charge on any atom is -0.494 e. The Balaban J connectivity index is 1.70. The summed E-state index contributed by atoms with van der Waals surface area (Å²) in [5, 5.41) is 0. The highest BCUT2D eigenvalue weighted by atomic mass is 32.2. The second-order valence-corrected chi connectivity index (χ2v) is 11.1. The summed E-state index contributed by atoms with van der Waals surface area (Å²) in [6.45, 7) is 5.84. The topological polar surface area (TPSA) is 90.0 Å². The molecule has 1 aliphatic carbocycles. The van der Waals surface area contributed by atoms with Crippen LogP contribution < -0.4 is 4.74 Å². The molecule has 0 aromatic heterocycles. The van der Waals surface area contributed by atoms with Crippen molar-refractivity contribution in [2.24, 2.45) is 0 Å². The van der Waals surface area contributed by atoms with E-state index in [-0.39, 0.29) is 17.7 Å². The molecule has 3 rings (SSSR count). The highest BCUT2D eigenvalue weighted by Crippen LogP contribution is 2.42. The Morgan fingerprint density at radius 3 is 2.29 bits per heavy atom. The molecule has 0 unspecified atom stereocenters. The third-order valence-electron chi connectivity index (χ3n) is 6.34. The number of hydrogen-bond acceptors (Lipinski definition) is 6. The van der Waals surface area contributed by atoms with Crippen molar-refractivity contribution >= 4 is 21.7 Å². The normalized spacial score (nSPS) is 15.1. The number of carbonyl (C=O) groups is 2. The number of amides is 1. The molecular weight excluding hydrogens is 454 g/mol. The molecule has 1 saturated carbocycles. The Morgan fingerprint density at radius 1 is 1.03 bits per heavy atom. The average molecular weight is 488 g/mol. The number of ether oxygens (including phenoxy) is 2. The maximum Gasteiger partial charge on any atom is 0.328 e. The van der Waals surface area contributed by atoms with Gasteiger partial charge in [0.1, 0.15) is 5.75 Å². The van der Waals surface area contributed by atoms with Gasteiger partial charge in [-0.1, -0.05) is 37.1 Å². The van der Waals surface area contributed by atoms with Crippen molar-refractivity contribution in [3.63, 3.8) is 0 Å². The maximum atomic E-state index is 13.7. The van der Waals surface area contributed by atoms with Crippen LogP contribution in [0.15, 0.2) is 47.4 Å². The van der Waals surface area contributed by atoms with Gasteiger partial charge in [0.15, 0.2) is 21.2 Å². The number of nitrogens with zero attached hydrogens (tertiary/aromatic N) is 1. The van der Waals surface area contributed by atoms with E-state index in [1.54, 1.807) is 26.1 Å². The quantitative estimate of drug-likeness (QED) is 0.497. The zero-order valence-electron chi connectivity index (χ0n) is 20.3. The minimum atomic E-state index is -3.99. The highest BCUT2D eigenvalue weighted by Gasteiger charge is 2.54. The van der Waals surface area contributed by atoms with Gasteiger partial charge in [-0.05, 0) is 68.5 Å². The number of hydrogen-bond donors (Lipinski definition) is 0. The summed E-state index contributed by atoms with van der Waals surface area (Å²) in [5.41, 5.74) is 2.29. The molecule has 2 aromatic carbocycles. The number of rotatable bonds is 9. The van der Waals surface area contributed by atoms with Crippen LogP contribution >= 0.6 is 0 Å². The first kappa shape index (κ1) is 25.7. The fourth-order valence-corrected chi connectivity index (χ4v) is 6.68. The Bertz CT molecular complexity index is 1130. The second-order valence-electron chi connectivity index (χ2n) is 8.88. The number of benzene rings is 2. The van der Waals surface area contributed by atoms with Crippen molar-refractivity contribution in [1.29, 1.82) is 0 Å². The molecule has 0 N–H and O–H groups in total. The molecule has 184 valence electrons. The molecular formula is C26H33NO6S. The van der Waals surface area contributed by atoms with E-state index >= 15 is 0 Å². The van der Waals surface area contributed by atoms with Crippen LogP contribution in [0.25, 0.3) is 0 Å². The Kier molecular flexibility index (Phi) is 8.02. The average Bonchev–Trinajstić information content (AvgIpc) is 3.32. The standard InChI is InChI=1S/C26H33NO6S/c1-5-32-22-12-10-21(11-13-22)17-27(4)24(28)18-33-25(29)26(14-6-7-15-26)34(30,31)23-16-19(2)8-9-20(23)3/h8-13,16H,5-7,14-15,17-18H2,1-4H3. The fourth-order valence-electron chi connectivity index (χ4n) is 4.32. The van der Waals surface area contributed by atoms with Gasteiger partial charge in [-0.2, -0.15) is 0 Å². The predicted molar refractivity (Wildman–Crippen MR) is 129 cm³/mol. The molecule has 0 atom stereocenters. The summed E-state index contributed by atoms with van der Waals surface area (Å²) in [6.07, 6.45) is 1.62. The predicted octanol–water partition coefficient (Wildman–Crippen LogP) is 3.99. The smallest absolute Gasteiger partial charge is 0.328 e. The van der Waals surface area contributed by atoms with E-state index < -0.39 is 33.1 Å². The molecule has 2 aromatic rings. The molecule has 34 heavy (non-hydrogen) atoms. The lowest BCUT2D eigenvalue weighted by Crippen LogP contribution is -2.46. The van der Waals surface area contributed by atoms with Crippen molar-refractivity contribution < 1.29 is 27.5 Å². The summed E-state index contributed by atoms with van der Waals surface area (Å²) >= 11 is 0. The highest BCUT2D eigenvalue weighted by molar-refractivity contribution is 7.93. The molecule has 0 saturated heterocycles. The molecule has 0 heterocycles. The molecule has 0 spiro atoms. The lowest BCUT2D eigenvalue weighted by Gasteiger charge is -2.28. The molecule has 7 nitrogen and oxygen atoms in total. The molecule has 8 heteroatoms. The lowest BCUT2D eigenvalue weighted by atomic mass is 10.1. The van der Waals surface area contributed by atoms with E-state index in [0.29, 0.717) is 31.6 Å². The zero-order chi connectivity index (χ0) is 24.9. The van der Waals surface area contributed by atoms with Crippen molar-refractivity contribution in [3.8, 4) is 5.75 Å². The first-order valence-corrected chi connectivity index (χ1v) is 13.0. The van der Waals surface area contributed by atoms with Crippen molar-refractivity contribution in [3.05, 3.63) is 59.2 Å². The molecule has 0 aliphatic heterocycles. The van der Waals surface area contributed by atoms with Gasteiger partial charge in [-0.15, -0.1) is 0 Å². The summed E-state index contributed by atoms with van der Waals surface area (Å²) in [4.78, 5) is 27.4. The molecule has 0 bridgehead atoms. The van der Waals surface area contributed by atoms with E-state index in [4.69, 9.17) is 9.47 Å². The van der Waals surface area contributed by atoms with Gasteiger partial charge < -0.3 is 14.4 Å². The van der Waals surface area contributed by atoms with Crippen LogP contribution in [0.2, 0.25) is 0 Å².